The van der Waals surface area contributed by atoms with Crippen molar-refractivity contribution in [3.63, 3.8) is 0 Å². The molecule has 0 bridgehead atoms. The summed E-state index contributed by atoms with van der Waals surface area (Å²) < 4.78 is 13.1. The minimum Gasteiger partial charge on any atom is -0.325 e. The van der Waals surface area contributed by atoms with Gasteiger partial charge in [0.1, 0.15) is 5.82 Å². The van der Waals surface area contributed by atoms with E-state index in [0.717, 1.165) is 29.1 Å². The summed E-state index contributed by atoms with van der Waals surface area (Å²) in [5.41, 5.74) is 4.19. The first-order valence-electron chi connectivity index (χ1n) is 11.0. The van der Waals surface area contributed by atoms with Crippen molar-refractivity contribution < 1.29 is 9.18 Å². The second-order valence-corrected chi connectivity index (χ2v) is 9.46. The van der Waals surface area contributed by atoms with Crippen LogP contribution in [0.5, 0.6) is 0 Å². The fourth-order valence-corrected chi connectivity index (χ4v) is 4.50. The third-order valence-electron chi connectivity index (χ3n) is 5.62. The molecule has 0 saturated heterocycles. The molecule has 0 radical (unpaired) electrons. The van der Waals surface area contributed by atoms with Gasteiger partial charge in [-0.2, -0.15) is 0 Å². The van der Waals surface area contributed by atoms with Gasteiger partial charge < -0.3 is 10.3 Å². The quantitative estimate of drug-likeness (QED) is 0.401. The van der Waals surface area contributed by atoms with Crippen molar-refractivity contribution >= 4 is 23.4 Å². The molecule has 0 aliphatic carbocycles. The number of amides is 1. The van der Waals surface area contributed by atoms with E-state index in [4.69, 9.17) is 0 Å². The standard InChI is InChI=1S/C25H27FN4O2S/c1-16(2)18-4-3-5-20(12-18)27-23(31)15-33-25-28-22-10-11-30(14-21(22)24(32)29-25)13-17-6-8-19(26)9-7-17/h3-9,12,16H,10-11,13-15H2,1-2H3,(H,27,31)(H,28,29,32). The SMILES string of the molecule is CC(C)c1cccc(NC(=O)CSc2nc3c(c(=O)[nH]2)CN(Cc2ccc(F)cc2)CC3)c1. The van der Waals surface area contributed by atoms with Gasteiger partial charge in [-0.25, -0.2) is 9.37 Å². The van der Waals surface area contributed by atoms with Gasteiger partial charge in [-0.15, -0.1) is 0 Å². The fourth-order valence-electron chi connectivity index (χ4n) is 3.82. The third kappa shape index (κ3) is 6.09. The number of carbonyl (C=O) groups excluding carboxylic acids is 1. The van der Waals surface area contributed by atoms with Gasteiger partial charge in [-0.1, -0.05) is 49.9 Å². The molecule has 33 heavy (non-hydrogen) atoms. The summed E-state index contributed by atoms with van der Waals surface area (Å²) in [4.78, 5) is 34.6. The molecule has 1 amide bonds. The van der Waals surface area contributed by atoms with E-state index in [1.807, 2.05) is 24.3 Å². The van der Waals surface area contributed by atoms with Crippen LogP contribution in [0.4, 0.5) is 10.1 Å². The van der Waals surface area contributed by atoms with E-state index in [1.54, 1.807) is 12.1 Å². The highest BCUT2D eigenvalue weighted by Gasteiger charge is 2.21. The van der Waals surface area contributed by atoms with Crippen LogP contribution in [0.25, 0.3) is 0 Å². The molecule has 0 unspecified atom stereocenters. The fraction of sp³-hybridized carbons (Fsp3) is 0.320. The smallest absolute Gasteiger partial charge is 0.256 e. The number of halogens is 1. The topological polar surface area (TPSA) is 78.1 Å². The number of nitrogens with zero attached hydrogens (tertiary/aromatic N) is 2. The maximum absolute atomic E-state index is 13.1. The van der Waals surface area contributed by atoms with Crippen molar-refractivity contribution in [2.24, 2.45) is 0 Å². The van der Waals surface area contributed by atoms with Crippen molar-refractivity contribution in [1.82, 2.24) is 14.9 Å². The van der Waals surface area contributed by atoms with Crippen molar-refractivity contribution in [2.45, 2.75) is 44.4 Å². The number of thioether (sulfide) groups is 1. The normalized spacial score (nSPS) is 13.7. The van der Waals surface area contributed by atoms with Crippen LogP contribution >= 0.6 is 11.8 Å². The van der Waals surface area contributed by atoms with E-state index in [-0.39, 0.29) is 23.0 Å². The molecule has 0 spiro atoms. The highest BCUT2D eigenvalue weighted by molar-refractivity contribution is 7.99. The Morgan fingerprint density at radius 3 is 2.79 bits per heavy atom. The van der Waals surface area contributed by atoms with Gasteiger partial charge in [-0.05, 0) is 41.3 Å². The molecule has 2 N–H and O–H groups in total. The van der Waals surface area contributed by atoms with E-state index in [0.29, 0.717) is 36.1 Å². The number of aromatic amines is 1. The van der Waals surface area contributed by atoms with Crippen LogP contribution in [0.1, 0.15) is 42.1 Å². The molecular formula is C25H27FN4O2S. The summed E-state index contributed by atoms with van der Waals surface area (Å²) in [7, 11) is 0. The van der Waals surface area contributed by atoms with Gasteiger partial charge >= 0.3 is 0 Å². The molecule has 1 aliphatic heterocycles. The molecule has 0 atom stereocenters. The predicted octanol–water partition coefficient (Wildman–Crippen LogP) is 4.32. The largest absolute Gasteiger partial charge is 0.325 e. The number of hydrogen-bond donors (Lipinski definition) is 2. The van der Waals surface area contributed by atoms with Crippen molar-refractivity contribution in [1.29, 1.82) is 0 Å². The molecule has 4 rings (SSSR count). The number of rotatable bonds is 7. The summed E-state index contributed by atoms with van der Waals surface area (Å²) >= 11 is 1.22. The van der Waals surface area contributed by atoms with Crippen LogP contribution in [0.3, 0.4) is 0 Å². The second-order valence-electron chi connectivity index (χ2n) is 8.50. The summed E-state index contributed by atoms with van der Waals surface area (Å²) in [6.45, 7) is 6.12. The molecule has 0 saturated carbocycles. The highest BCUT2D eigenvalue weighted by Crippen LogP contribution is 2.21. The number of carbonyl (C=O) groups is 1. The zero-order valence-corrected chi connectivity index (χ0v) is 19.5. The van der Waals surface area contributed by atoms with E-state index >= 15 is 0 Å². The van der Waals surface area contributed by atoms with Crippen LogP contribution < -0.4 is 10.9 Å². The lowest BCUT2D eigenvalue weighted by molar-refractivity contribution is -0.113. The molecule has 1 aromatic heterocycles. The number of nitrogens with one attached hydrogen (secondary N) is 2. The van der Waals surface area contributed by atoms with Crippen molar-refractivity contribution in [3.8, 4) is 0 Å². The molecule has 6 nitrogen and oxygen atoms in total. The first kappa shape index (κ1) is 23.2. The monoisotopic (exact) mass is 466 g/mol. The third-order valence-corrected chi connectivity index (χ3v) is 6.50. The molecular weight excluding hydrogens is 439 g/mol. The average Bonchev–Trinajstić information content (AvgIpc) is 2.80. The summed E-state index contributed by atoms with van der Waals surface area (Å²) in [5.74, 6) is 0.134. The van der Waals surface area contributed by atoms with Gasteiger partial charge in [0.05, 0.1) is 17.0 Å². The predicted molar refractivity (Wildman–Crippen MR) is 129 cm³/mol. The van der Waals surface area contributed by atoms with Crippen LogP contribution in [-0.4, -0.2) is 33.1 Å². The summed E-state index contributed by atoms with van der Waals surface area (Å²) in [5, 5.41) is 3.36. The van der Waals surface area contributed by atoms with Crippen LogP contribution in [0.15, 0.2) is 58.5 Å². The zero-order chi connectivity index (χ0) is 23.4. The Kier molecular flexibility index (Phi) is 7.25. The van der Waals surface area contributed by atoms with Crippen LogP contribution in [0.2, 0.25) is 0 Å². The first-order valence-corrected chi connectivity index (χ1v) is 12.0. The molecule has 3 aromatic rings. The molecule has 2 aromatic carbocycles. The number of aromatic nitrogens is 2. The molecule has 0 fully saturated rings. The number of anilines is 1. The van der Waals surface area contributed by atoms with Gasteiger partial charge in [0.25, 0.3) is 5.56 Å². The lowest BCUT2D eigenvalue weighted by atomic mass is 10.0. The van der Waals surface area contributed by atoms with E-state index < -0.39 is 0 Å². The van der Waals surface area contributed by atoms with E-state index in [1.165, 1.54) is 23.9 Å². The van der Waals surface area contributed by atoms with Gasteiger partial charge in [0.15, 0.2) is 5.16 Å². The molecule has 172 valence electrons. The highest BCUT2D eigenvalue weighted by atomic mass is 32.2. The maximum atomic E-state index is 13.1. The Bertz CT molecular complexity index is 1190. The lowest BCUT2D eigenvalue weighted by Crippen LogP contribution is -2.35. The van der Waals surface area contributed by atoms with Crippen LogP contribution in [0, 0.1) is 5.82 Å². The summed E-state index contributed by atoms with van der Waals surface area (Å²) in [6.07, 6.45) is 0.655. The number of H-pyrrole nitrogens is 1. The Balaban J connectivity index is 1.35. The minimum absolute atomic E-state index is 0.147. The second kappa shape index (κ2) is 10.3. The first-order chi connectivity index (χ1) is 15.9. The molecule has 8 heteroatoms. The van der Waals surface area contributed by atoms with E-state index in [9.17, 15) is 14.0 Å². The van der Waals surface area contributed by atoms with Crippen LogP contribution in [-0.2, 0) is 24.3 Å². The molecule has 1 aliphatic rings. The van der Waals surface area contributed by atoms with Crippen molar-refractivity contribution in [3.05, 3.63) is 87.1 Å². The Hall–Kier alpha value is -2.97. The summed E-state index contributed by atoms with van der Waals surface area (Å²) in [6, 6.07) is 14.2. The van der Waals surface area contributed by atoms with Gasteiger partial charge in [-0.3, -0.25) is 14.5 Å². The molecule has 2 heterocycles. The number of fused-ring (bicyclic) bond motifs is 1. The number of benzene rings is 2. The van der Waals surface area contributed by atoms with Gasteiger partial charge in [0.2, 0.25) is 5.91 Å². The average molecular weight is 467 g/mol. The maximum Gasteiger partial charge on any atom is 0.256 e. The lowest BCUT2D eigenvalue weighted by Gasteiger charge is -2.27. The Morgan fingerprint density at radius 1 is 1.24 bits per heavy atom. The van der Waals surface area contributed by atoms with Gasteiger partial charge in [0, 0.05) is 31.7 Å². The van der Waals surface area contributed by atoms with Crippen molar-refractivity contribution in [2.75, 3.05) is 17.6 Å². The van der Waals surface area contributed by atoms with E-state index in [2.05, 4.69) is 34.0 Å². The number of hydrogen-bond acceptors (Lipinski definition) is 5. The minimum atomic E-state index is -0.258. The Morgan fingerprint density at radius 2 is 2.03 bits per heavy atom. The zero-order valence-electron chi connectivity index (χ0n) is 18.7. The Labute approximate surface area is 196 Å².